The predicted octanol–water partition coefficient (Wildman–Crippen LogP) is 0.900. The van der Waals surface area contributed by atoms with E-state index >= 15 is 0 Å². The summed E-state index contributed by atoms with van der Waals surface area (Å²) >= 11 is 2.58. The van der Waals surface area contributed by atoms with Crippen LogP contribution in [0.5, 0.6) is 0 Å². The molecule has 0 aromatic carbocycles. The van der Waals surface area contributed by atoms with Crippen LogP contribution in [-0.4, -0.2) is 15.2 Å². The van der Waals surface area contributed by atoms with Gasteiger partial charge in [0.05, 0.1) is 6.54 Å². The second kappa shape index (κ2) is 3.67. The zero-order chi connectivity index (χ0) is 9.10. The highest BCUT2D eigenvalue weighted by Crippen LogP contribution is 2.09. The summed E-state index contributed by atoms with van der Waals surface area (Å²) in [6, 6.07) is 0. The minimum Gasteiger partial charge on any atom is -0.354 e. The average molecular weight is 214 g/mol. The lowest BCUT2D eigenvalue weighted by Crippen LogP contribution is -2.02. The van der Waals surface area contributed by atoms with Crippen molar-refractivity contribution >= 4 is 27.8 Å². The molecule has 0 fully saturated rings. The molecule has 2 aromatic rings. The van der Waals surface area contributed by atoms with E-state index in [9.17, 15) is 4.79 Å². The Balaban J connectivity index is 1.97. The highest BCUT2D eigenvalue weighted by atomic mass is 32.1. The van der Waals surface area contributed by atoms with Gasteiger partial charge in [-0.15, -0.1) is 10.2 Å². The van der Waals surface area contributed by atoms with Gasteiger partial charge in [0.2, 0.25) is 5.13 Å². The van der Waals surface area contributed by atoms with Crippen molar-refractivity contribution in [3.8, 4) is 0 Å². The SMILES string of the molecule is O=c1[nH]c(CNc2nncs2)cs1. The van der Waals surface area contributed by atoms with Gasteiger partial charge < -0.3 is 10.3 Å². The van der Waals surface area contributed by atoms with Gasteiger partial charge >= 0.3 is 4.87 Å². The van der Waals surface area contributed by atoms with Crippen molar-refractivity contribution in [1.29, 1.82) is 0 Å². The Hall–Kier alpha value is -1.21. The number of nitrogens with zero attached hydrogens (tertiary/aromatic N) is 2. The van der Waals surface area contributed by atoms with Gasteiger partial charge in [-0.3, -0.25) is 4.79 Å². The zero-order valence-corrected chi connectivity index (χ0v) is 8.11. The smallest absolute Gasteiger partial charge is 0.304 e. The van der Waals surface area contributed by atoms with E-state index in [2.05, 4.69) is 20.5 Å². The van der Waals surface area contributed by atoms with Crippen LogP contribution in [0.1, 0.15) is 5.69 Å². The van der Waals surface area contributed by atoms with E-state index in [0.717, 1.165) is 22.2 Å². The van der Waals surface area contributed by atoms with Crippen LogP contribution in [0.15, 0.2) is 15.7 Å². The van der Waals surface area contributed by atoms with Gasteiger partial charge in [-0.2, -0.15) is 0 Å². The number of hydrogen-bond donors (Lipinski definition) is 2. The highest BCUT2D eigenvalue weighted by Gasteiger charge is 1.98. The molecule has 68 valence electrons. The summed E-state index contributed by atoms with van der Waals surface area (Å²) in [6.07, 6.45) is 0. The minimum absolute atomic E-state index is 0.0333. The molecule has 2 rings (SSSR count). The number of thiazole rings is 1. The number of aromatic nitrogens is 3. The number of anilines is 1. The molecule has 7 heteroatoms. The van der Waals surface area contributed by atoms with Crippen LogP contribution in [-0.2, 0) is 6.54 Å². The molecule has 13 heavy (non-hydrogen) atoms. The predicted molar refractivity (Wildman–Crippen MR) is 52.2 cm³/mol. The van der Waals surface area contributed by atoms with Crippen LogP contribution in [0.2, 0.25) is 0 Å². The summed E-state index contributed by atoms with van der Waals surface area (Å²) < 4.78 is 0. The van der Waals surface area contributed by atoms with Gasteiger partial charge in [0.15, 0.2) is 0 Å². The first-order valence-corrected chi connectivity index (χ1v) is 5.27. The molecular weight excluding hydrogens is 208 g/mol. The molecule has 0 amide bonds. The fourth-order valence-corrected chi connectivity index (χ4v) is 1.85. The number of hydrogen-bond acceptors (Lipinski definition) is 6. The Morgan fingerprint density at radius 3 is 3.08 bits per heavy atom. The Morgan fingerprint density at radius 1 is 1.54 bits per heavy atom. The highest BCUT2D eigenvalue weighted by molar-refractivity contribution is 7.13. The van der Waals surface area contributed by atoms with E-state index in [1.165, 1.54) is 11.3 Å². The maximum absolute atomic E-state index is 10.8. The van der Waals surface area contributed by atoms with E-state index in [1.54, 1.807) is 10.9 Å². The van der Waals surface area contributed by atoms with Gasteiger partial charge in [0.25, 0.3) is 0 Å². The van der Waals surface area contributed by atoms with Crippen LogP contribution in [0, 0.1) is 0 Å². The van der Waals surface area contributed by atoms with E-state index in [0.29, 0.717) is 6.54 Å². The Morgan fingerprint density at radius 2 is 2.46 bits per heavy atom. The molecule has 0 saturated heterocycles. The first-order chi connectivity index (χ1) is 6.34. The quantitative estimate of drug-likeness (QED) is 0.796. The lowest BCUT2D eigenvalue weighted by Gasteiger charge is -1.96. The molecule has 0 spiro atoms. The normalized spacial score (nSPS) is 10.2. The van der Waals surface area contributed by atoms with E-state index in [4.69, 9.17) is 0 Å². The van der Waals surface area contributed by atoms with Crippen LogP contribution in [0.3, 0.4) is 0 Å². The maximum atomic E-state index is 10.8. The Labute approximate surface area is 81.5 Å². The van der Waals surface area contributed by atoms with Crippen molar-refractivity contribution in [1.82, 2.24) is 15.2 Å². The molecule has 0 bridgehead atoms. The number of aromatic amines is 1. The third kappa shape index (κ3) is 2.13. The standard InChI is InChI=1S/C6H6N4OS2/c11-6-9-4(2-12-6)1-7-5-10-8-3-13-5/h2-3H,1H2,(H,7,10)(H,9,11). The van der Waals surface area contributed by atoms with E-state index in [1.807, 2.05) is 0 Å². The average Bonchev–Trinajstić information content (AvgIpc) is 2.71. The first-order valence-electron chi connectivity index (χ1n) is 3.51. The van der Waals surface area contributed by atoms with E-state index in [-0.39, 0.29) is 4.87 Å². The van der Waals surface area contributed by atoms with Crippen LogP contribution in [0.4, 0.5) is 5.13 Å². The molecule has 0 atom stereocenters. The largest absolute Gasteiger partial charge is 0.354 e. The summed E-state index contributed by atoms with van der Waals surface area (Å²) in [7, 11) is 0. The molecule has 5 nitrogen and oxygen atoms in total. The fraction of sp³-hybridized carbons (Fsp3) is 0.167. The van der Waals surface area contributed by atoms with Gasteiger partial charge in [0.1, 0.15) is 5.51 Å². The topological polar surface area (TPSA) is 70.7 Å². The second-order valence-corrected chi connectivity index (χ2v) is 3.95. The lowest BCUT2D eigenvalue weighted by atomic mass is 10.5. The van der Waals surface area contributed by atoms with Gasteiger partial charge in [-0.1, -0.05) is 22.7 Å². The lowest BCUT2D eigenvalue weighted by molar-refractivity contribution is 1.02. The molecule has 2 heterocycles. The monoisotopic (exact) mass is 214 g/mol. The number of rotatable bonds is 3. The summed E-state index contributed by atoms with van der Waals surface area (Å²) in [5.41, 5.74) is 2.52. The molecular formula is C6H6N4OS2. The molecule has 0 saturated carbocycles. The van der Waals surface area contributed by atoms with Crippen molar-refractivity contribution in [2.24, 2.45) is 0 Å². The van der Waals surface area contributed by atoms with Gasteiger partial charge in [0, 0.05) is 11.1 Å². The van der Waals surface area contributed by atoms with Crippen molar-refractivity contribution in [2.75, 3.05) is 5.32 Å². The van der Waals surface area contributed by atoms with Gasteiger partial charge in [-0.05, 0) is 0 Å². The number of nitrogens with one attached hydrogen (secondary N) is 2. The minimum atomic E-state index is -0.0333. The molecule has 0 radical (unpaired) electrons. The second-order valence-electron chi connectivity index (χ2n) is 2.27. The number of H-pyrrole nitrogens is 1. The Kier molecular flexibility index (Phi) is 2.37. The molecule has 0 aliphatic rings. The van der Waals surface area contributed by atoms with E-state index < -0.39 is 0 Å². The van der Waals surface area contributed by atoms with Crippen LogP contribution in [0.25, 0.3) is 0 Å². The third-order valence-corrected chi connectivity index (χ3v) is 2.73. The summed E-state index contributed by atoms with van der Waals surface area (Å²) in [5, 5.41) is 13.1. The van der Waals surface area contributed by atoms with Crippen molar-refractivity contribution in [3.05, 3.63) is 26.3 Å². The van der Waals surface area contributed by atoms with Crippen LogP contribution < -0.4 is 10.2 Å². The summed E-state index contributed by atoms with van der Waals surface area (Å²) in [6.45, 7) is 0.577. The zero-order valence-electron chi connectivity index (χ0n) is 6.48. The molecule has 2 N–H and O–H groups in total. The molecule has 0 aliphatic carbocycles. The summed E-state index contributed by atoms with van der Waals surface area (Å²) in [4.78, 5) is 13.4. The fourth-order valence-electron chi connectivity index (χ4n) is 0.821. The van der Waals surface area contributed by atoms with Crippen molar-refractivity contribution < 1.29 is 0 Å². The maximum Gasteiger partial charge on any atom is 0.304 e. The summed E-state index contributed by atoms with van der Waals surface area (Å²) in [5.74, 6) is 0. The molecule has 0 aliphatic heterocycles. The van der Waals surface area contributed by atoms with Crippen molar-refractivity contribution in [2.45, 2.75) is 6.54 Å². The van der Waals surface area contributed by atoms with Crippen molar-refractivity contribution in [3.63, 3.8) is 0 Å². The van der Waals surface area contributed by atoms with Gasteiger partial charge in [-0.25, -0.2) is 0 Å². The first kappa shape index (κ1) is 8.39. The Bertz CT molecular complexity index is 418. The molecule has 0 unspecified atom stereocenters. The third-order valence-electron chi connectivity index (χ3n) is 1.36. The van der Waals surface area contributed by atoms with Crippen LogP contribution >= 0.6 is 22.7 Å². The molecule has 2 aromatic heterocycles.